The van der Waals surface area contributed by atoms with Gasteiger partial charge in [0.25, 0.3) is 5.91 Å². The molecule has 0 atom stereocenters. The quantitative estimate of drug-likeness (QED) is 0.713. The van der Waals surface area contributed by atoms with Gasteiger partial charge in [0.05, 0.1) is 18.9 Å². The van der Waals surface area contributed by atoms with Crippen molar-refractivity contribution in [2.45, 2.75) is 20.4 Å². The van der Waals surface area contributed by atoms with Crippen LogP contribution >= 0.6 is 0 Å². The number of benzene rings is 1. The highest BCUT2D eigenvalue weighted by atomic mass is 16.5. The number of para-hydroxylation sites is 2. The molecule has 27 heavy (non-hydrogen) atoms. The van der Waals surface area contributed by atoms with Crippen LogP contribution in [0.25, 0.3) is 5.69 Å². The van der Waals surface area contributed by atoms with E-state index < -0.39 is 0 Å². The van der Waals surface area contributed by atoms with E-state index in [-0.39, 0.29) is 11.6 Å². The van der Waals surface area contributed by atoms with Gasteiger partial charge in [-0.15, -0.1) is 0 Å². The van der Waals surface area contributed by atoms with E-state index in [2.05, 4.69) is 15.4 Å². The van der Waals surface area contributed by atoms with Gasteiger partial charge in [0.15, 0.2) is 0 Å². The van der Waals surface area contributed by atoms with Crippen LogP contribution in [0, 0.1) is 13.8 Å². The molecule has 0 saturated carbocycles. The molecule has 3 aromatic rings. The SMILES string of the molecule is COc1ccccc1-n1cc(C(=O)NCCn2c(C)cc(C)nc2=O)cn1. The first-order chi connectivity index (χ1) is 13.0. The van der Waals surface area contributed by atoms with Gasteiger partial charge in [0.1, 0.15) is 11.4 Å². The Labute approximate surface area is 156 Å². The summed E-state index contributed by atoms with van der Waals surface area (Å²) >= 11 is 0. The fourth-order valence-electron chi connectivity index (χ4n) is 2.82. The number of nitrogens with one attached hydrogen (secondary N) is 1. The number of rotatable bonds is 6. The predicted octanol–water partition coefficient (Wildman–Crippen LogP) is 1.48. The van der Waals surface area contributed by atoms with Crippen molar-refractivity contribution in [2.75, 3.05) is 13.7 Å². The largest absolute Gasteiger partial charge is 0.494 e. The lowest BCUT2D eigenvalue weighted by molar-refractivity contribution is 0.0952. The van der Waals surface area contributed by atoms with Gasteiger partial charge in [0.2, 0.25) is 0 Å². The van der Waals surface area contributed by atoms with Crippen LogP contribution in [0.5, 0.6) is 5.75 Å². The summed E-state index contributed by atoms with van der Waals surface area (Å²) in [5.41, 5.74) is 2.34. The summed E-state index contributed by atoms with van der Waals surface area (Å²) in [6.45, 7) is 4.28. The number of hydrogen-bond acceptors (Lipinski definition) is 5. The summed E-state index contributed by atoms with van der Waals surface area (Å²) in [6, 6.07) is 9.25. The molecule has 1 N–H and O–H groups in total. The van der Waals surface area contributed by atoms with Crippen molar-refractivity contribution in [1.82, 2.24) is 24.6 Å². The van der Waals surface area contributed by atoms with Crippen molar-refractivity contribution in [3.05, 3.63) is 70.2 Å². The number of amides is 1. The summed E-state index contributed by atoms with van der Waals surface area (Å²) < 4.78 is 8.44. The summed E-state index contributed by atoms with van der Waals surface area (Å²) in [6.07, 6.45) is 3.13. The lowest BCUT2D eigenvalue weighted by atomic mass is 10.3. The number of aromatic nitrogens is 4. The summed E-state index contributed by atoms with van der Waals surface area (Å²) in [7, 11) is 1.58. The molecule has 0 radical (unpaired) electrons. The summed E-state index contributed by atoms with van der Waals surface area (Å²) in [4.78, 5) is 28.2. The molecule has 1 aromatic carbocycles. The van der Waals surface area contributed by atoms with Crippen molar-refractivity contribution in [3.8, 4) is 11.4 Å². The first-order valence-corrected chi connectivity index (χ1v) is 8.51. The monoisotopic (exact) mass is 367 g/mol. The number of methoxy groups -OCH3 is 1. The van der Waals surface area contributed by atoms with E-state index >= 15 is 0 Å². The van der Waals surface area contributed by atoms with Gasteiger partial charge >= 0.3 is 5.69 Å². The van der Waals surface area contributed by atoms with Crippen LogP contribution < -0.4 is 15.7 Å². The number of carbonyl (C=O) groups is 1. The number of carbonyl (C=O) groups excluding carboxylic acids is 1. The maximum atomic E-state index is 12.4. The minimum atomic E-state index is -0.314. The van der Waals surface area contributed by atoms with Crippen LogP contribution in [0.2, 0.25) is 0 Å². The maximum Gasteiger partial charge on any atom is 0.348 e. The van der Waals surface area contributed by atoms with Crippen LogP contribution in [0.3, 0.4) is 0 Å². The highest BCUT2D eigenvalue weighted by molar-refractivity contribution is 5.93. The molecule has 2 aromatic heterocycles. The van der Waals surface area contributed by atoms with Crippen LogP contribution in [0.15, 0.2) is 47.5 Å². The molecule has 0 spiro atoms. The van der Waals surface area contributed by atoms with E-state index in [4.69, 9.17) is 4.74 Å². The molecule has 8 heteroatoms. The average molecular weight is 367 g/mol. The average Bonchev–Trinajstić information content (AvgIpc) is 3.13. The Balaban J connectivity index is 1.66. The van der Waals surface area contributed by atoms with E-state index in [0.29, 0.717) is 30.1 Å². The van der Waals surface area contributed by atoms with Crippen molar-refractivity contribution < 1.29 is 9.53 Å². The topological polar surface area (TPSA) is 91.0 Å². The molecule has 3 rings (SSSR count). The molecular weight excluding hydrogens is 346 g/mol. The van der Waals surface area contributed by atoms with Crippen molar-refractivity contribution in [2.24, 2.45) is 0 Å². The summed E-state index contributed by atoms with van der Waals surface area (Å²) in [5.74, 6) is 0.399. The van der Waals surface area contributed by atoms with Crippen LogP contribution in [0.1, 0.15) is 21.7 Å². The first-order valence-electron chi connectivity index (χ1n) is 8.51. The zero-order valence-corrected chi connectivity index (χ0v) is 15.5. The van der Waals surface area contributed by atoms with Crippen LogP contribution in [0.4, 0.5) is 0 Å². The Kier molecular flexibility index (Phi) is 5.35. The predicted molar refractivity (Wildman–Crippen MR) is 100 cm³/mol. The van der Waals surface area contributed by atoms with Gasteiger partial charge in [-0.25, -0.2) is 9.48 Å². The van der Waals surface area contributed by atoms with Crippen molar-refractivity contribution in [1.29, 1.82) is 0 Å². The van der Waals surface area contributed by atoms with Crippen molar-refractivity contribution >= 4 is 5.91 Å². The third-order valence-electron chi connectivity index (χ3n) is 4.14. The second kappa shape index (κ2) is 7.86. The first kappa shape index (κ1) is 18.4. The zero-order valence-electron chi connectivity index (χ0n) is 15.5. The van der Waals surface area contributed by atoms with Gasteiger partial charge in [-0.05, 0) is 32.0 Å². The van der Waals surface area contributed by atoms with Crippen molar-refractivity contribution in [3.63, 3.8) is 0 Å². The van der Waals surface area contributed by atoms with Gasteiger partial charge in [-0.3, -0.25) is 9.36 Å². The fraction of sp³-hybridized carbons (Fsp3) is 0.263. The van der Waals surface area contributed by atoms with Gasteiger partial charge < -0.3 is 10.1 Å². The molecule has 2 heterocycles. The minimum Gasteiger partial charge on any atom is -0.494 e. The van der Waals surface area contributed by atoms with E-state index in [0.717, 1.165) is 11.4 Å². The second-order valence-corrected chi connectivity index (χ2v) is 6.07. The number of nitrogens with zero attached hydrogens (tertiary/aromatic N) is 4. The van der Waals surface area contributed by atoms with Gasteiger partial charge in [-0.1, -0.05) is 12.1 Å². The fourth-order valence-corrected chi connectivity index (χ4v) is 2.82. The lowest BCUT2D eigenvalue weighted by Gasteiger charge is -2.10. The molecule has 8 nitrogen and oxygen atoms in total. The van der Waals surface area contributed by atoms with E-state index in [1.165, 1.54) is 10.8 Å². The number of aryl methyl sites for hydroxylation is 2. The summed E-state index contributed by atoms with van der Waals surface area (Å²) in [5, 5.41) is 7.03. The molecule has 0 bridgehead atoms. The Morgan fingerprint density at radius 3 is 2.78 bits per heavy atom. The van der Waals surface area contributed by atoms with E-state index in [1.807, 2.05) is 37.3 Å². The molecule has 0 aliphatic carbocycles. The second-order valence-electron chi connectivity index (χ2n) is 6.07. The number of ether oxygens (including phenoxy) is 1. The molecule has 0 aliphatic heterocycles. The van der Waals surface area contributed by atoms with Crippen LogP contribution in [-0.2, 0) is 6.54 Å². The molecule has 0 fully saturated rings. The van der Waals surface area contributed by atoms with E-state index in [9.17, 15) is 9.59 Å². The van der Waals surface area contributed by atoms with Gasteiger partial charge in [0, 0.05) is 30.7 Å². The Morgan fingerprint density at radius 1 is 1.26 bits per heavy atom. The smallest absolute Gasteiger partial charge is 0.348 e. The third kappa shape index (κ3) is 4.05. The maximum absolute atomic E-state index is 12.4. The Hall–Kier alpha value is -3.42. The molecule has 1 amide bonds. The standard InChI is InChI=1S/C19H21N5O3/c1-13-10-14(2)23(19(26)22-13)9-8-20-18(25)15-11-21-24(12-15)16-6-4-5-7-17(16)27-3/h4-7,10-12H,8-9H2,1-3H3,(H,20,25). The minimum absolute atomic E-state index is 0.262. The molecule has 0 unspecified atom stereocenters. The molecule has 140 valence electrons. The Bertz CT molecular complexity index is 1020. The zero-order chi connectivity index (χ0) is 19.4. The molecule has 0 aliphatic rings. The number of hydrogen-bond donors (Lipinski definition) is 1. The molecular formula is C19H21N5O3. The highest BCUT2D eigenvalue weighted by Gasteiger charge is 2.12. The highest BCUT2D eigenvalue weighted by Crippen LogP contribution is 2.21. The molecule has 0 saturated heterocycles. The van der Waals surface area contributed by atoms with E-state index in [1.54, 1.807) is 24.9 Å². The Morgan fingerprint density at radius 2 is 2.04 bits per heavy atom. The normalized spacial score (nSPS) is 10.6. The van der Waals surface area contributed by atoms with Crippen LogP contribution in [-0.4, -0.2) is 38.9 Å². The third-order valence-corrected chi connectivity index (χ3v) is 4.14. The lowest BCUT2D eigenvalue weighted by Crippen LogP contribution is -2.33. The van der Waals surface area contributed by atoms with Gasteiger partial charge in [-0.2, -0.15) is 10.1 Å².